The number of carbonyl (C=O) groups is 2. The third kappa shape index (κ3) is 11.9. The fraction of sp³-hybridized carbons (Fsp3) is 0.400. The second kappa shape index (κ2) is 20.7. The maximum atomic E-state index is 12.4. The van der Waals surface area contributed by atoms with Crippen molar-refractivity contribution < 1.29 is 44.0 Å². The highest BCUT2D eigenvalue weighted by molar-refractivity contribution is 5.94. The number of H-pyrrole nitrogens is 2. The molecule has 2 aliphatic heterocycles. The summed E-state index contributed by atoms with van der Waals surface area (Å²) in [6, 6.07) is 23.1. The molecule has 284 valence electrons. The van der Waals surface area contributed by atoms with Crippen molar-refractivity contribution in [1.29, 1.82) is 0 Å². The number of likely N-dealkylation sites (tertiary alicyclic amines) is 2. The minimum absolute atomic E-state index is 0. The Balaban J connectivity index is 0.000000232. The van der Waals surface area contributed by atoms with E-state index in [0.29, 0.717) is 59.3 Å². The molecule has 2 amide bonds. The lowest BCUT2D eigenvalue weighted by molar-refractivity contribution is -0.394. The molecule has 2 aromatic heterocycles. The van der Waals surface area contributed by atoms with Crippen LogP contribution in [0.2, 0.25) is 0 Å². The number of amides is 2. The highest BCUT2D eigenvalue weighted by atomic mass is 16.5. The van der Waals surface area contributed by atoms with E-state index < -0.39 is 0 Å². The molecule has 6 rings (SSSR count). The molecule has 13 heteroatoms. The van der Waals surface area contributed by atoms with Crippen LogP contribution < -0.4 is 39.5 Å². The summed E-state index contributed by atoms with van der Waals surface area (Å²) in [4.78, 5) is 35.9. The van der Waals surface area contributed by atoms with Crippen LogP contribution in [0.4, 0.5) is 11.4 Å². The minimum atomic E-state index is -0.0405. The zero-order chi connectivity index (χ0) is 36.7. The first-order valence-electron chi connectivity index (χ1n) is 17.8. The van der Waals surface area contributed by atoms with Crippen molar-refractivity contribution in [3.8, 4) is 23.0 Å². The number of aromatic nitrogens is 2. The Morgan fingerprint density at radius 2 is 1.00 bits per heavy atom. The third-order valence-corrected chi connectivity index (χ3v) is 9.62. The Morgan fingerprint density at radius 1 is 0.604 bits per heavy atom. The molecule has 0 atom stereocenters. The fourth-order valence-corrected chi connectivity index (χ4v) is 6.74. The predicted molar refractivity (Wildman–Crippen MR) is 200 cm³/mol. The van der Waals surface area contributed by atoms with Crippen LogP contribution in [0.3, 0.4) is 0 Å². The molecule has 0 saturated carbocycles. The van der Waals surface area contributed by atoms with Gasteiger partial charge in [-0.25, -0.2) is 9.97 Å². The van der Waals surface area contributed by atoms with Gasteiger partial charge >= 0.3 is 0 Å². The molecule has 0 unspecified atom stereocenters. The lowest BCUT2D eigenvalue weighted by Gasteiger charge is -2.29. The van der Waals surface area contributed by atoms with Crippen molar-refractivity contribution in [2.45, 2.75) is 37.5 Å². The fourth-order valence-electron chi connectivity index (χ4n) is 6.74. The number of aromatic amines is 2. The Kier molecular flexibility index (Phi) is 15.8. The topological polar surface area (TPSA) is 158 Å². The molecule has 0 radical (unpaired) electrons. The average Bonchev–Trinajstić information content (AvgIpc) is 3.19. The number of anilines is 2. The molecule has 0 spiro atoms. The van der Waals surface area contributed by atoms with Gasteiger partial charge in [0.25, 0.3) is 0 Å². The number of rotatable bonds is 12. The Morgan fingerprint density at radius 3 is 1.32 bits per heavy atom. The van der Waals surface area contributed by atoms with E-state index in [0.717, 1.165) is 51.9 Å². The molecule has 53 heavy (non-hydrogen) atoms. The molecule has 2 saturated heterocycles. The van der Waals surface area contributed by atoms with Crippen molar-refractivity contribution in [2.75, 3.05) is 78.3 Å². The van der Waals surface area contributed by atoms with Crippen LogP contribution in [-0.2, 0) is 15.1 Å². The predicted octanol–water partition coefficient (Wildman–Crippen LogP) is 4.55. The molecule has 2 fully saturated rings. The number of hydrogen-bond acceptors (Lipinski definition) is 8. The number of benzene rings is 2. The van der Waals surface area contributed by atoms with Crippen molar-refractivity contribution in [3.63, 3.8) is 0 Å². The number of ether oxygens (including phenoxy) is 4. The second-order valence-electron chi connectivity index (χ2n) is 13.0. The van der Waals surface area contributed by atoms with E-state index in [1.165, 1.54) is 11.4 Å². The van der Waals surface area contributed by atoms with E-state index >= 15 is 0 Å². The zero-order valence-corrected chi connectivity index (χ0v) is 31.1. The van der Waals surface area contributed by atoms with Crippen molar-refractivity contribution in [3.05, 3.63) is 96.6 Å². The lowest BCUT2D eigenvalue weighted by Crippen LogP contribution is -2.39. The number of carbonyl (C=O) groups excluding carboxylic acids is 2. The maximum absolute atomic E-state index is 12.4. The van der Waals surface area contributed by atoms with Crippen molar-refractivity contribution in [2.24, 2.45) is 0 Å². The van der Waals surface area contributed by atoms with Gasteiger partial charge in [0.15, 0.2) is 23.8 Å². The monoisotopic (exact) mass is 728 g/mol. The molecule has 0 bridgehead atoms. The normalized spacial score (nSPS) is 15.2. The van der Waals surface area contributed by atoms with E-state index in [1.54, 1.807) is 64.8 Å². The van der Waals surface area contributed by atoms with E-state index in [2.05, 4.69) is 54.7 Å². The quantitative estimate of drug-likeness (QED) is 0.215. The Bertz CT molecular complexity index is 1590. The van der Waals surface area contributed by atoms with Crippen LogP contribution in [-0.4, -0.2) is 89.3 Å². The van der Waals surface area contributed by atoms with Gasteiger partial charge in [-0.1, -0.05) is 12.1 Å². The first-order chi connectivity index (χ1) is 25.4. The van der Waals surface area contributed by atoms with E-state index in [9.17, 15) is 9.59 Å². The largest absolute Gasteiger partial charge is 2.00 e. The summed E-state index contributed by atoms with van der Waals surface area (Å²) >= 11 is 0. The number of nitrogens with zero attached hydrogens (tertiary/aromatic N) is 2. The summed E-state index contributed by atoms with van der Waals surface area (Å²) in [7, 11) is 6.37. The number of hydrogen-bond donors (Lipinski definition) is 2. The van der Waals surface area contributed by atoms with Crippen LogP contribution in [0.15, 0.2) is 85.2 Å². The molecule has 2 aliphatic rings. The number of nitrogens with one attached hydrogen (secondary N) is 4. The SMILES string of the molecule is COc1ccc(OC)c(NC(=O)CN2CCC(c3cccc[nH+]3)CC2)c1.COc1ccc(OC)c(NC(=O)CN2CCC(c3cccc[nH+]3)CC2)c1.[O-2]. The van der Waals surface area contributed by atoms with Crippen molar-refractivity contribution in [1.82, 2.24) is 9.80 Å². The highest BCUT2D eigenvalue weighted by Crippen LogP contribution is 2.31. The zero-order valence-electron chi connectivity index (χ0n) is 31.1. The molecule has 13 nitrogen and oxygen atoms in total. The number of piperidine rings is 2. The minimum Gasteiger partial charge on any atom is -2.00 e. The Hall–Kier alpha value is -5.24. The van der Waals surface area contributed by atoms with E-state index in [4.69, 9.17) is 18.9 Å². The van der Waals surface area contributed by atoms with Gasteiger partial charge in [-0.05, 0) is 76.1 Å². The van der Waals surface area contributed by atoms with Gasteiger partial charge in [0.05, 0.1) is 52.9 Å². The Labute approximate surface area is 311 Å². The van der Waals surface area contributed by atoms with Crippen LogP contribution in [0.5, 0.6) is 23.0 Å². The summed E-state index contributed by atoms with van der Waals surface area (Å²) < 4.78 is 21.1. The van der Waals surface area contributed by atoms with Crippen LogP contribution in [0.1, 0.15) is 48.9 Å². The third-order valence-electron chi connectivity index (χ3n) is 9.62. The van der Waals surface area contributed by atoms with Crippen LogP contribution in [0, 0.1) is 0 Å². The number of methoxy groups -OCH3 is 4. The lowest BCUT2D eigenvalue weighted by atomic mass is 9.93. The summed E-state index contributed by atoms with van der Waals surface area (Å²) in [5.41, 5.74) is 3.81. The molecule has 4 aromatic rings. The van der Waals surface area contributed by atoms with Gasteiger partial charge in [0.2, 0.25) is 11.8 Å². The smallest absolute Gasteiger partial charge is 0.238 e. The van der Waals surface area contributed by atoms with Crippen LogP contribution >= 0.6 is 0 Å². The van der Waals surface area contributed by atoms with E-state index in [-0.39, 0.29) is 17.3 Å². The van der Waals surface area contributed by atoms with Crippen molar-refractivity contribution >= 4 is 23.2 Å². The van der Waals surface area contributed by atoms with Gasteiger partial charge in [0, 0.05) is 48.2 Å². The average molecular weight is 729 g/mol. The summed E-state index contributed by atoms with van der Waals surface area (Å²) in [5.74, 6) is 3.60. The molecule has 4 N–H and O–H groups in total. The molecule has 4 heterocycles. The van der Waals surface area contributed by atoms with Gasteiger partial charge in [-0.2, -0.15) is 0 Å². The van der Waals surface area contributed by atoms with Crippen LogP contribution in [0.25, 0.3) is 0 Å². The number of pyridine rings is 2. The summed E-state index contributed by atoms with van der Waals surface area (Å²) in [5, 5.41) is 5.87. The van der Waals surface area contributed by atoms with E-state index in [1.807, 2.05) is 24.5 Å². The highest BCUT2D eigenvalue weighted by Gasteiger charge is 2.27. The molecular weight excluding hydrogens is 676 g/mol. The maximum Gasteiger partial charge on any atom is 0.238 e. The van der Waals surface area contributed by atoms with Gasteiger partial charge < -0.3 is 35.1 Å². The molecule has 0 aliphatic carbocycles. The summed E-state index contributed by atoms with van der Waals surface area (Å²) in [6.07, 6.45) is 8.15. The summed E-state index contributed by atoms with van der Waals surface area (Å²) in [6.45, 7) is 4.41. The first-order valence-corrected chi connectivity index (χ1v) is 17.8. The van der Waals surface area contributed by atoms with Gasteiger partial charge in [0.1, 0.15) is 23.0 Å². The van der Waals surface area contributed by atoms with Gasteiger partial charge in [-0.15, -0.1) is 0 Å². The second-order valence-corrected chi connectivity index (χ2v) is 13.0. The first kappa shape index (κ1) is 40.5. The molecular formula is C40H52N6O7. The molecule has 2 aromatic carbocycles. The van der Waals surface area contributed by atoms with Gasteiger partial charge in [-0.3, -0.25) is 19.4 Å². The standard InChI is InChI=1S/2C20H25N3O3.O/c2*1-25-16-6-7-19(26-2)18(13-16)22-20(24)14-23-11-8-15(9-12-23)17-5-3-4-10-21-17;/h2*3-7,10,13,15H,8-9,11-12,14H2,1-2H3,(H,22,24);/q;;-2/p+2.